The van der Waals surface area contributed by atoms with Gasteiger partial charge in [-0.3, -0.25) is 4.79 Å². The second kappa shape index (κ2) is 7.28. The molecule has 5 nitrogen and oxygen atoms in total. The summed E-state index contributed by atoms with van der Waals surface area (Å²) in [5, 5.41) is 16.2. The number of benzene rings is 2. The Bertz CT molecular complexity index is 640. The first-order valence-electron chi connectivity index (χ1n) is 6.90. The van der Waals surface area contributed by atoms with Crippen molar-refractivity contribution < 1.29 is 14.7 Å². The fourth-order valence-electron chi connectivity index (χ4n) is 2.05. The molecular weight excluding hydrogens is 268 g/mol. The van der Waals surface area contributed by atoms with Gasteiger partial charge in [-0.15, -0.1) is 0 Å². The third kappa shape index (κ3) is 4.80. The number of carboxylic acids is 1. The standard InChI is InChI=1S/C16H18N2O3/c19-15(20)7-3-4-10-17-16(21)18-14-9-8-12-5-1-2-6-13(12)11-14/h1-2,5-6,8-9,11H,3-4,7,10H2,(H,19,20)(H2,17,18,21). The molecule has 0 saturated carbocycles. The molecule has 21 heavy (non-hydrogen) atoms. The number of amides is 2. The van der Waals surface area contributed by atoms with Gasteiger partial charge < -0.3 is 15.7 Å². The molecule has 0 unspecified atom stereocenters. The van der Waals surface area contributed by atoms with Gasteiger partial charge in [0.15, 0.2) is 0 Å². The molecule has 0 aromatic heterocycles. The Morgan fingerprint density at radius 1 is 1.00 bits per heavy atom. The number of urea groups is 1. The van der Waals surface area contributed by atoms with Crippen LogP contribution in [0.15, 0.2) is 42.5 Å². The summed E-state index contributed by atoms with van der Waals surface area (Å²) in [5.74, 6) is -0.810. The molecule has 0 spiro atoms. The van der Waals surface area contributed by atoms with Gasteiger partial charge in [-0.2, -0.15) is 0 Å². The summed E-state index contributed by atoms with van der Waals surface area (Å²) >= 11 is 0. The largest absolute Gasteiger partial charge is 0.481 e. The predicted octanol–water partition coefficient (Wildman–Crippen LogP) is 3.22. The molecule has 0 atom stereocenters. The maximum Gasteiger partial charge on any atom is 0.319 e. The zero-order valence-electron chi connectivity index (χ0n) is 11.6. The van der Waals surface area contributed by atoms with Crippen molar-refractivity contribution in [2.75, 3.05) is 11.9 Å². The van der Waals surface area contributed by atoms with Crippen molar-refractivity contribution >= 4 is 28.5 Å². The quantitative estimate of drug-likeness (QED) is 0.713. The third-order valence-electron chi connectivity index (χ3n) is 3.11. The van der Waals surface area contributed by atoms with Crippen LogP contribution in [-0.2, 0) is 4.79 Å². The fourth-order valence-corrected chi connectivity index (χ4v) is 2.05. The van der Waals surface area contributed by atoms with Crippen molar-refractivity contribution in [3.8, 4) is 0 Å². The number of unbranched alkanes of at least 4 members (excludes halogenated alkanes) is 1. The van der Waals surface area contributed by atoms with E-state index in [-0.39, 0.29) is 12.5 Å². The summed E-state index contributed by atoms with van der Waals surface area (Å²) in [4.78, 5) is 22.1. The molecule has 2 aromatic rings. The lowest BCUT2D eigenvalue weighted by Gasteiger charge is -2.08. The van der Waals surface area contributed by atoms with Gasteiger partial charge >= 0.3 is 12.0 Å². The van der Waals surface area contributed by atoms with Crippen LogP contribution < -0.4 is 10.6 Å². The number of rotatable bonds is 6. The van der Waals surface area contributed by atoms with Crippen molar-refractivity contribution in [3.63, 3.8) is 0 Å². The zero-order chi connectivity index (χ0) is 15.1. The highest BCUT2D eigenvalue weighted by molar-refractivity contribution is 5.93. The number of nitrogens with one attached hydrogen (secondary N) is 2. The number of hydrogen-bond donors (Lipinski definition) is 3. The highest BCUT2D eigenvalue weighted by Gasteiger charge is 2.02. The highest BCUT2D eigenvalue weighted by Crippen LogP contribution is 2.18. The van der Waals surface area contributed by atoms with Crippen LogP contribution in [0.4, 0.5) is 10.5 Å². The van der Waals surface area contributed by atoms with Gasteiger partial charge in [0.1, 0.15) is 0 Å². The third-order valence-corrected chi connectivity index (χ3v) is 3.11. The van der Waals surface area contributed by atoms with Crippen LogP contribution in [0.3, 0.4) is 0 Å². The van der Waals surface area contributed by atoms with Gasteiger partial charge in [-0.1, -0.05) is 30.3 Å². The Hall–Kier alpha value is -2.56. The van der Waals surface area contributed by atoms with E-state index in [1.807, 2.05) is 42.5 Å². The number of carbonyl (C=O) groups is 2. The average molecular weight is 286 g/mol. The van der Waals surface area contributed by atoms with Crippen LogP contribution >= 0.6 is 0 Å². The lowest BCUT2D eigenvalue weighted by Crippen LogP contribution is -2.29. The van der Waals surface area contributed by atoms with Crippen molar-refractivity contribution in [2.45, 2.75) is 19.3 Å². The Kier molecular flexibility index (Phi) is 5.15. The number of anilines is 1. The summed E-state index contributed by atoms with van der Waals surface area (Å²) in [6.07, 6.45) is 1.34. The summed E-state index contributed by atoms with van der Waals surface area (Å²) in [6, 6.07) is 13.4. The molecule has 0 saturated heterocycles. The number of hydrogen-bond acceptors (Lipinski definition) is 2. The summed E-state index contributed by atoms with van der Waals surface area (Å²) in [5.41, 5.74) is 0.733. The SMILES string of the molecule is O=C(O)CCCCNC(=O)Nc1ccc2ccccc2c1. The second-order valence-electron chi connectivity index (χ2n) is 4.79. The van der Waals surface area contributed by atoms with Gasteiger partial charge in [0.05, 0.1) is 0 Å². The minimum Gasteiger partial charge on any atom is -0.481 e. The van der Waals surface area contributed by atoms with Crippen molar-refractivity contribution in [2.24, 2.45) is 0 Å². The lowest BCUT2D eigenvalue weighted by molar-refractivity contribution is -0.137. The molecule has 3 N–H and O–H groups in total. The molecule has 0 aliphatic rings. The molecule has 5 heteroatoms. The zero-order valence-corrected chi connectivity index (χ0v) is 11.6. The monoisotopic (exact) mass is 286 g/mol. The Morgan fingerprint density at radius 2 is 1.76 bits per heavy atom. The number of carbonyl (C=O) groups excluding carboxylic acids is 1. The lowest BCUT2D eigenvalue weighted by atomic mass is 10.1. The minimum atomic E-state index is -0.810. The smallest absolute Gasteiger partial charge is 0.319 e. The van der Waals surface area contributed by atoms with E-state index < -0.39 is 5.97 Å². The number of aliphatic carboxylic acids is 1. The van der Waals surface area contributed by atoms with Crippen LogP contribution in [0.25, 0.3) is 10.8 Å². The minimum absolute atomic E-state index is 0.133. The van der Waals surface area contributed by atoms with E-state index in [1.54, 1.807) is 0 Å². The number of fused-ring (bicyclic) bond motifs is 1. The molecule has 2 aromatic carbocycles. The first-order valence-corrected chi connectivity index (χ1v) is 6.90. The molecule has 110 valence electrons. The maximum atomic E-state index is 11.7. The van der Waals surface area contributed by atoms with Crippen LogP contribution in [0.5, 0.6) is 0 Å². The van der Waals surface area contributed by atoms with Gasteiger partial charge in [0, 0.05) is 18.7 Å². The molecule has 0 aliphatic heterocycles. The summed E-state index contributed by atoms with van der Waals surface area (Å²) < 4.78 is 0. The summed E-state index contributed by atoms with van der Waals surface area (Å²) in [7, 11) is 0. The van der Waals surface area contributed by atoms with Crippen molar-refractivity contribution in [1.82, 2.24) is 5.32 Å². The molecule has 0 fully saturated rings. The van der Waals surface area contributed by atoms with Crippen LogP contribution in [0, 0.1) is 0 Å². The van der Waals surface area contributed by atoms with E-state index in [4.69, 9.17) is 5.11 Å². The average Bonchev–Trinajstić information content (AvgIpc) is 2.46. The van der Waals surface area contributed by atoms with Gasteiger partial charge in [-0.05, 0) is 35.7 Å². The van der Waals surface area contributed by atoms with Crippen LogP contribution in [-0.4, -0.2) is 23.7 Å². The Balaban J connectivity index is 1.80. The van der Waals surface area contributed by atoms with Crippen LogP contribution in [0.2, 0.25) is 0 Å². The molecule has 0 radical (unpaired) electrons. The van der Waals surface area contributed by atoms with E-state index in [0.29, 0.717) is 19.4 Å². The van der Waals surface area contributed by atoms with Crippen molar-refractivity contribution in [3.05, 3.63) is 42.5 Å². The molecule has 2 amide bonds. The van der Waals surface area contributed by atoms with Gasteiger partial charge in [0.2, 0.25) is 0 Å². The fraction of sp³-hybridized carbons (Fsp3) is 0.250. The molecule has 0 aliphatic carbocycles. The van der Waals surface area contributed by atoms with Gasteiger partial charge in [-0.25, -0.2) is 4.79 Å². The van der Waals surface area contributed by atoms with E-state index in [0.717, 1.165) is 16.5 Å². The van der Waals surface area contributed by atoms with E-state index in [1.165, 1.54) is 0 Å². The Morgan fingerprint density at radius 3 is 2.52 bits per heavy atom. The van der Waals surface area contributed by atoms with Gasteiger partial charge in [0.25, 0.3) is 0 Å². The van der Waals surface area contributed by atoms with Crippen LogP contribution in [0.1, 0.15) is 19.3 Å². The van der Waals surface area contributed by atoms with E-state index >= 15 is 0 Å². The first kappa shape index (κ1) is 14.8. The maximum absolute atomic E-state index is 11.7. The molecule has 2 rings (SSSR count). The Labute approximate surface area is 123 Å². The topological polar surface area (TPSA) is 78.4 Å². The summed E-state index contributed by atoms with van der Waals surface area (Å²) in [6.45, 7) is 0.465. The second-order valence-corrected chi connectivity index (χ2v) is 4.79. The highest BCUT2D eigenvalue weighted by atomic mass is 16.4. The normalized spacial score (nSPS) is 10.3. The first-order chi connectivity index (χ1) is 10.1. The predicted molar refractivity (Wildman–Crippen MR) is 82.5 cm³/mol. The number of carboxylic acid groups (broad SMARTS) is 1. The van der Waals surface area contributed by atoms with E-state index in [9.17, 15) is 9.59 Å². The van der Waals surface area contributed by atoms with E-state index in [2.05, 4.69) is 10.6 Å². The van der Waals surface area contributed by atoms with Crippen molar-refractivity contribution in [1.29, 1.82) is 0 Å². The molecule has 0 heterocycles. The molecular formula is C16H18N2O3. The molecule has 0 bridgehead atoms.